The summed E-state index contributed by atoms with van der Waals surface area (Å²) in [5, 5.41) is 3.65. The highest BCUT2D eigenvalue weighted by Gasteiger charge is 2.34. The molecule has 0 aromatic heterocycles. The number of rotatable bonds is 4. The van der Waals surface area contributed by atoms with Crippen LogP contribution >= 0.6 is 39.1 Å². The Hall–Kier alpha value is -0.340. The van der Waals surface area contributed by atoms with Gasteiger partial charge in [0.05, 0.1) is 5.02 Å². The third-order valence-corrected chi connectivity index (χ3v) is 6.83. The summed E-state index contributed by atoms with van der Waals surface area (Å²) in [5.74, 6) is -0.171. The summed E-state index contributed by atoms with van der Waals surface area (Å²) in [6, 6.07) is 2.77. The molecule has 1 aliphatic rings. The highest BCUT2D eigenvalue weighted by Crippen LogP contribution is 2.34. The van der Waals surface area contributed by atoms with Crippen LogP contribution in [0.25, 0.3) is 0 Å². The lowest BCUT2D eigenvalue weighted by molar-refractivity contribution is -0.119. The van der Waals surface area contributed by atoms with Gasteiger partial charge in [0, 0.05) is 42.0 Å². The summed E-state index contributed by atoms with van der Waals surface area (Å²) < 4.78 is 26.8. The van der Waals surface area contributed by atoms with E-state index in [1.54, 1.807) is 0 Å². The molecule has 1 atom stereocenters. The fourth-order valence-corrected chi connectivity index (χ4v) is 5.68. The number of alkyl halides is 1. The summed E-state index contributed by atoms with van der Waals surface area (Å²) in [4.78, 5) is 11.1. The number of hydrogen-bond acceptors (Lipinski definition) is 3. The maximum absolute atomic E-state index is 12.7. The van der Waals surface area contributed by atoms with Crippen LogP contribution in [-0.2, 0) is 20.1 Å². The van der Waals surface area contributed by atoms with E-state index in [1.165, 1.54) is 23.4 Å². The van der Waals surface area contributed by atoms with Gasteiger partial charge in [0.2, 0.25) is 15.9 Å². The van der Waals surface area contributed by atoms with Gasteiger partial charge in [0.1, 0.15) is 4.90 Å². The molecule has 1 N–H and O–H groups in total. The van der Waals surface area contributed by atoms with Crippen molar-refractivity contribution >= 4 is 55.1 Å². The van der Waals surface area contributed by atoms with Crippen molar-refractivity contribution in [1.82, 2.24) is 9.62 Å². The first-order valence-electron chi connectivity index (χ1n) is 6.57. The number of nitrogens with zero attached hydrogens (tertiary/aromatic N) is 1. The van der Waals surface area contributed by atoms with E-state index in [9.17, 15) is 13.2 Å². The van der Waals surface area contributed by atoms with Crippen molar-refractivity contribution in [2.75, 3.05) is 13.1 Å². The van der Waals surface area contributed by atoms with Crippen molar-refractivity contribution in [2.45, 2.75) is 29.6 Å². The summed E-state index contributed by atoms with van der Waals surface area (Å²) in [7, 11) is -3.72. The quantitative estimate of drug-likeness (QED) is 0.748. The van der Waals surface area contributed by atoms with Gasteiger partial charge in [0.15, 0.2) is 0 Å². The minimum atomic E-state index is -3.72. The second kappa shape index (κ2) is 7.05. The third-order valence-electron chi connectivity index (χ3n) is 3.46. The van der Waals surface area contributed by atoms with Crippen LogP contribution in [0, 0.1) is 0 Å². The minimum Gasteiger partial charge on any atom is -0.352 e. The Labute approximate surface area is 148 Å². The van der Waals surface area contributed by atoms with Crippen molar-refractivity contribution in [3.05, 3.63) is 27.7 Å². The zero-order chi connectivity index (χ0) is 16.5. The van der Waals surface area contributed by atoms with Gasteiger partial charge in [-0.3, -0.25) is 4.79 Å². The fourth-order valence-electron chi connectivity index (χ4n) is 2.39. The van der Waals surface area contributed by atoms with Crippen molar-refractivity contribution in [1.29, 1.82) is 0 Å². The number of amides is 1. The Balaban J connectivity index is 2.31. The number of nitrogens with one attached hydrogen (secondary N) is 1. The van der Waals surface area contributed by atoms with Crippen molar-refractivity contribution in [3.8, 4) is 0 Å². The van der Waals surface area contributed by atoms with Crippen LogP contribution in [0.4, 0.5) is 0 Å². The molecule has 0 bridgehead atoms. The number of benzene rings is 1. The Morgan fingerprint density at radius 2 is 2.14 bits per heavy atom. The average Bonchev–Trinajstić information content (AvgIpc) is 2.87. The molecule has 5 nitrogen and oxygen atoms in total. The molecule has 122 valence electrons. The second-order valence-electron chi connectivity index (χ2n) is 5.02. The van der Waals surface area contributed by atoms with E-state index in [4.69, 9.17) is 23.2 Å². The van der Waals surface area contributed by atoms with Crippen LogP contribution in [0.5, 0.6) is 0 Å². The SMILES string of the molecule is CC(=O)NC1CCN(S(=O)(=O)c2ccc(Cl)c(CBr)c2Cl)C1. The lowest BCUT2D eigenvalue weighted by Crippen LogP contribution is -2.37. The van der Waals surface area contributed by atoms with E-state index in [1.807, 2.05) is 0 Å². The lowest BCUT2D eigenvalue weighted by Gasteiger charge is -2.19. The van der Waals surface area contributed by atoms with Gasteiger partial charge in [-0.25, -0.2) is 8.42 Å². The van der Waals surface area contributed by atoms with E-state index in [0.717, 1.165) is 0 Å². The van der Waals surface area contributed by atoms with Crippen LogP contribution in [0.1, 0.15) is 18.9 Å². The smallest absolute Gasteiger partial charge is 0.244 e. The Morgan fingerprint density at radius 3 is 2.73 bits per heavy atom. The number of hydrogen-bond donors (Lipinski definition) is 1. The minimum absolute atomic E-state index is 0.0384. The third kappa shape index (κ3) is 3.59. The zero-order valence-electron chi connectivity index (χ0n) is 11.8. The molecule has 0 spiro atoms. The standard InChI is InChI=1S/C13H15BrCl2N2O3S/c1-8(19)17-9-4-5-18(7-9)22(20,21)12-3-2-11(15)10(6-14)13(12)16/h2-3,9H,4-7H2,1H3,(H,17,19). The summed E-state index contributed by atoms with van der Waals surface area (Å²) in [6.07, 6.45) is 0.579. The summed E-state index contributed by atoms with van der Waals surface area (Å²) in [5.41, 5.74) is 0.544. The van der Waals surface area contributed by atoms with Gasteiger partial charge in [0.25, 0.3) is 0 Å². The van der Waals surface area contributed by atoms with Crippen LogP contribution in [-0.4, -0.2) is 37.8 Å². The second-order valence-corrected chi connectivity index (χ2v) is 8.27. The van der Waals surface area contributed by atoms with Crippen LogP contribution in [0.3, 0.4) is 0 Å². The molecule has 0 aliphatic carbocycles. The van der Waals surface area contributed by atoms with E-state index >= 15 is 0 Å². The lowest BCUT2D eigenvalue weighted by atomic mass is 10.2. The van der Waals surface area contributed by atoms with Gasteiger partial charge < -0.3 is 5.32 Å². The predicted molar refractivity (Wildman–Crippen MR) is 90.1 cm³/mol. The molecule has 1 amide bonds. The van der Waals surface area contributed by atoms with Crippen molar-refractivity contribution < 1.29 is 13.2 Å². The van der Waals surface area contributed by atoms with Gasteiger partial charge >= 0.3 is 0 Å². The predicted octanol–water partition coefficient (Wildman–Crippen LogP) is 2.79. The molecular weight excluding hydrogens is 415 g/mol. The Bertz CT molecular complexity index is 697. The number of halogens is 3. The van der Waals surface area contributed by atoms with E-state index in [-0.39, 0.29) is 28.4 Å². The molecule has 9 heteroatoms. The van der Waals surface area contributed by atoms with Crippen LogP contribution in [0.2, 0.25) is 10.0 Å². The molecule has 1 aromatic rings. The molecule has 22 heavy (non-hydrogen) atoms. The molecule has 1 fully saturated rings. The number of sulfonamides is 1. The molecule has 1 saturated heterocycles. The van der Waals surface area contributed by atoms with Crippen LogP contribution in [0.15, 0.2) is 17.0 Å². The largest absolute Gasteiger partial charge is 0.352 e. The normalized spacial score (nSPS) is 19.4. The number of carbonyl (C=O) groups excluding carboxylic acids is 1. The van der Waals surface area contributed by atoms with Gasteiger partial charge in [-0.1, -0.05) is 39.1 Å². The Kier molecular flexibility index (Phi) is 5.77. The van der Waals surface area contributed by atoms with Crippen molar-refractivity contribution in [3.63, 3.8) is 0 Å². The fraction of sp³-hybridized carbons (Fsp3) is 0.462. The van der Waals surface area contributed by atoms with Gasteiger partial charge in [-0.2, -0.15) is 4.31 Å². The van der Waals surface area contributed by atoms with E-state index in [0.29, 0.717) is 28.9 Å². The molecular formula is C13H15BrCl2N2O3S. The Morgan fingerprint density at radius 1 is 1.45 bits per heavy atom. The first-order valence-corrected chi connectivity index (χ1v) is 9.89. The maximum atomic E-state index is 12.7. The van der Waals surface area contributed by atoms with Crippen molar-refractivity contribution in [2.24, 2.45) is 0 Å². The molecule has 0 radical (unpaired) electrons. The van der Waals surface area contributed by atoms with E-state index in [2.05, 4.69) is 21.2 Å². The summed E-state index contributed by atoms with van der Waals surface area (Å²) >= 11 is 15.5. The molecule has 2 rings (SSSR count). The molecule has 1 aliphatic heterocycles. The first kappa shape index (κ1) is 18.0. The average molecular weight is 430 g/mol. The monoisotopic (exact) mass is 428 g/mol. The first-order chi connectivity index (χ1) is 10.3. The van der Waals surface area contributed by atoms with Gasteiger partial charge in [-0.15, -0.1) is 0 Å². The van der Waals surface area contributed by atoms with E-state index < -0.39 is 10.0 Å². The number of carbonyl (C=O) groups is 1. The highest BCUT2D eigenvalue weighted by atomic mass is 79.9. The van der Waals surface area contributed by atoms with Crippen LogP contribution < -0.4 is 5.32 Å². The molecule has 1 heterocycles. The van der Waals surface area contributed by atoms with Gasteiger partial charge in [-0.05, 0) is 18.6 Å². The topological polar surface area (TPSA) is 66.5 Å². The molecule has 0 saturated carbocycles. The maximum Gasteiger partial charge on any atom is 0.244 e. The summed E-state index contributed by atoms with van der Waals surface area (Å²) in [6.45, 7) is 2.00. The molecule has 1 unspecified atom stereocenters. The molecule has 1 aromatic carbocycles. The zero-order valence-corrected chi connectivity index (χ0v) is 15.7. The highest BCUT2D eigenvalue weighted by molar-refractivity contribution is 9.08.